The molecule has 1 saturated heterocycles. The maximum atomic E-state index is 11.5. The van der Waals surface area contributed by atoms with Crippen molar-refractivity contribution in [3.8, 4) is 0 Å². The molecule has 0 radical (unpaired) electrons. The van der Waals surface area contributed by atoms with E-state index in [1.54, 1.807) is 0 Å². The fraction of sp³-hybridized carbons (Fsp3) is 0.545. The summed E-state index contributed by atoms with van der Waals surface area (Å²) in [5, 5.41) is 3.19. The maximum absolute atomic E-state index is 11.5. The molecular weight excluding hydrogens is 224 g/mol. The number of sulfone groups is 1. The van der Waals surface area contributed by atoms with Crippen LogP contribution in [0.1, 0.15) is 18.5 Å². The van der Waals surface area contributed by atoms with Crippen molar-refractivity contribution in [3.63, 3.8) is 0 Å². The van der Waals surface area contributed by atoms with Crippen LogP contribution in [0.2, 0.25) is 0 Å². The molecule has 1 aliphatic heterocycles. The number of aromatic nitrogens is 1. The third-order valence-electron chi connectivity index (χ3n) is 2.70. The summed E-state index contributed by atoms with van der Waals surface area (Å²) in [6.45, 7) is 1.92. The van der Waals surface area contributed by atoms with Crippen molar-refractivity contribution >= 4 is 15.7 Å². The Bertz CT molecular complexity index is 471. The van der Waals surface area contributed by atoms with Crippen LogP contribution in [-0.2, 0) is 9.84 Å². The van der Waals surface area contributed by atoms with Gasteiger partial charge in [0, 0.05) is 11.7 Å². The molecule has 0 aliphatic carbocycles. The Morgan fingerprint density at radius 3 is 2.94 bits per heavy atom. The van der Waals surface area contributed by atoms with Gasteiger partial charge in [0.15, 0.2) is 9.84 Å². The molecule has 0 bridgehead atoms. The van der Waals surface area contributed by atoms with Crippen molar-refractivity contribution in [1.82, 2.24) is 4.98 Å². The molecule has 1 atom stereocenters. The summed E-state index contributed by atoms with van der Waals surface area (Å²) in [5.41, 5.74) is 0.934. The van der Waals surface area contributed by atoms with E-state index in [1.165, 1.54) is 0 Å². The van der Waals surface area contributed by atoms with Crippen molar-refractivity contribution in [3.05, 3.63) is 23.9 Å². The highest BCUT2D eigenvalue weighted by Crippen LogP contribution is 2.16. The first kappa shape index (κ1) is 11.4. The van der Waals surface area contributed by atoms with Gasteiger partial charge in [0.25, 0.3) is 0 Å². The topological polar surface area (TPSA) is 59.1 Å². The van der Waals surface area contributed by atoms with Gasteiger partial charge in [-0.25, -0.2) is 13.4 Å². The van der Waals surface area contributed by atoms with Gasteiger partial charge < -0.3 is 5.32 Å². The van der Waals surface area contributed by atoms with Crippen molar-refractivity contribution < 1.29 is 8.42 Å². The first-order valence-electron chi connectivity index (χ1n) is 5.46. The van der Waals surface area contributed by atoms with Gasteiger partial charge in [-0.05, 0) is 31.9 Å². The van der Waals surface area contributed by atoms with E-state index in [4.69, 9.17) is 0 Å². The highest BCUT2D eigenvalue weighted by Gasteiger charge is 2.24. The van der Waals surface area contributed by atoms with E-state index in [0.717, 1.165) is 24.4 Å². The van der Waals surface area contributed by atoms with Gasteiger partial charge in [-0.15, -0.1) is 0 Å². The number of aryl methyl sites for hydroxylation is 1. The predicted octanol–water partition coefficient (Wildman–Crippen LogP) is 1.38. The molecule has 1 aliphatic rings. The zero-order valence-electron chi connectivity index (χ0n) is 9.31. The summed E-state index contributed by atoms with van der Waals surface area (Å²) in [4.78, 5) is 4.31. The summed E-state index contributed by atoms with van der Waals surface area (Å²) in [6.07, 6.45) is 1.64. The van der Waals surface area contributed by atoms with Crippen LogP contribution in [0.4, 0.5) is 5.82 Å². The minimum atomic E-state index is -2.85. The Balaban J connectivity index is 2.05. The van der Waals surface area contributed by atoms with Gasteiger partial charge in [0.2, 0.25) is 0 Å². The van der Waals surface area contributed by atoms with Crippen molar-refractivity contribution in [2.75, 3.05) is 16.8 Å². The fourth-order valence-corrected chi connectivity index (χ4v) is 3.61. The highest BCUT2D eigenvalue weighted by atomic mass is 32.2. The zero-order chi connectivity index (χ0) is 11.6. The Hall–Kier alpha value is -1.10. The van der Waals surface area contributed by atoms with E-state index in [1.807, 2.05) is 25.1 Å². The summed E-state index contributed by atoms with van der Waals surface area (Å²) in [6, 6.07) is 5.71. The molecule has 1 N–H and O–H groups in total. The van der Waals surface area contributed by atoms with Crippen molar-refractivity contribution in [2.45, 2.75) is 25.8 Å². The average molecular weight is 240 g/mol. The van der Waals surface area contributed by atoms with Gasteiger partial charge in [-0.1, -0.05) is 6.07 Å². The minimum Gasteiger partial charge on any atom is -0.366 e. The fourth-order valence-electron chi connectivity index (χ4n) is 1.97. The van der Waals surface area contributed by atoms with Crippen LogP contribution in [0.25, 0.3) is 0 Å². The Morgan fingerprint density at radius 2 is 2.25 bits per heavy atom. The third kappa shape index (κ3) is 2.95. The largest absolute Gasteiger partial charge is 0.366 e. The molecule has 0 saturated carbocycles. The molecule has 1 aromatic heterocycles. The number of hydrogen-bond acceptors (Lipinski definition) is 4. The van der Waals surface area contributed by atoms with Gasteiger partial charge in [-0.2, -0.15) is 0 Å². The second-order valence-corrected chi connectivity index (χ2v) is 6.49. The molecule has 0 spiro atoms. The predicted molar refractivity (Wildman–Crippen MR) is 64.3 cm³/mol. The SMILES string of the molecule is Cc1cccc(NC2CCCS(=O)(=O)C2)n1. The number of pyridine rings is 1. The molecule has 1 aromatic rings. The molecule has 0 aromatic carbocycles. The molecule has 5 heteroatoms. The van der Waals surface area contributed by atoms with E-state index in [-0.39, 0.29) is 11.8 Å². The molecule has 4 nitrogen and oxygen atoms in total. The van der Waals surface area contributed by atoms with Crippen LogP contribution in [0, 0.1) is 6.92 Å². The van der Waals surface area contributed by atoms with Crippen LogP contribution in [0.5, 0.6) is 0 Å². The van der Waals surface area contributed by atoms with Gasteiger partial charge in [0.05, 0.1) is 11.5 Å². The zero-order valence-corrected chi connectivity index (χ0v) is 10.1. The average Bonchev–Trinajstić information content (AvgIpc) is 2.15. The van der Waals surface area contributed by atoms with Crippen molar-refractivity contribution in [1.29, 1.82) is 0 Å². The number of anilines is 1. The normalized spacial score (nSPS) is 23.9. The van der Waals surface area contributed by atoms with Gasteiger partial charge >= 0.3 is 0 Å². The lowest BCUT2D eigenvalue weighted by Gasteiger charge is -2.23. The second-order valence-electron chi connectivity index (χ2n) is 4.26. The highest BCUT2D eigenvalue weighted by molar-refractivity contribution is 7.91. The molecule has 0 amide bonds. The van der Waals surface area contributed by atoms with Crippen LogP contribution >= 0.6 is 0 Å². The summed E-state index contributed by atoms with van der Waals surface area (Å²) < 4.78 is 22.9. The monoisotopic (exact) mass is 240 g/mol. The Labute approximate surface area is 96.0 Å². The molecule has 2 rings (SSSR count). The minimum absolute atomic E-state index is 0.00745. The number of rotatable bonds is 2. The molecular formula is C11H16N2O2S. The van der Waals surface area contributed by atoms with E-state index in [2.05, 4.69) is 10.3 Å². The third-order valence-corrected chi connectivity index (χ3v) is 4.52. The first-order valence-corrected chi connectivity index (χ1v) is 7.28. The summed E-state index contributed by atoms with van der Waals surface area (Å²) in [5.74, 6) is 1.32. The second kappa shape index (κ2) is 4.41. The van der Waals surface area contributed by atoms with Crippen LogP contribution in [0.3, 0.4) is 0 Å². The molecule has 1 unspecified atom stereocenters. The summed E-state index contributed by atoms with van der Waals surface area (Å²) >= 11 is 0. The Kier molecular flexibility index (Phi) is 3.14. The van der Waals surface area contributed by atoms with Crippen molar-refractivity contribution in [2.24, 2.45) is 0 Å². The molecule has 1 fully saturated rings. The first-order chi connectivity index (χ1) is 7.55. The van der Waals surface area contributed by atoms with Gasteiger partial charge in [0.1, 0.15) is 5.82 Å². The number of nitrogens with zero attached hydrogens (tertiary/aromatic N) is 1. The van der Waals surface area contributed by atoms with E-state index in [0.29, 0.717) is 5.75 Å². The lowest BCUT2D eigenvalue weighted by Crippen LogP contribution is -2.35. The molecule has 2 heterocycles. The summed E-state index contributed by atoms with van der Waals surface area (Å²) in [7, 11) is -2.85. The molecule has 88 valence electrons. The smallest absolute Gasteiger partial charge is 0.152 e. The lowest BCUT2D eigenvalue weighted by molar-refractivity contribution is 0.561. The lowest BCUT2D eigenvalue weighted by atomic mass is 10.2. The van der Waals surface area contributed by atoms with E-state index >= 15 is 0 Å². The number of hydrogen-bond donors (Lipinski definition) is 1. The van der Waals surface area contributed by atoms with Gasteiger partial charge in [-0.3, -0.25) is 0 Å². The number of nitrogens with one attached hydrogen (secondary N) is 1. The van der Waals surface area contributed by atoms with Crippen LogP contribution in [-0.4, -0.2) is 30.9 Å². The van der Waals surface area contributed by atoms with E-state index in [9.17, 15) is 8.42 Å². The maximum Gasteiger partial charge on any atom is 0.152 e. The van der Waals surface area contributed by atoms with E-state index < -0.39 is 9.84 Å². The quantitative estimate of drug-likeness (QED) is 0.848. The Morgan fingerprint density at radius 1 is 1.44 bits per heavy atom. The standard InChI is InChI=1S/C11H16N2O2S/c1-9-4-2-6-11(12-9)13-10-5-3-7-16(14,15)8-10/h2,4,6,10H,3,5,7-8H2,1H3,(H,12,13). The molecule has 16 heavy (non-hydrogen) atoms. The van der Waals surface area contributed by atoms with Crippen LogP contribution < -0.4 is 5.32 Å². The van der Waals surface area contributed by atoms with Crippen LogP contribution in [0.15, 0.2) is 18.2 Å².